The van der Waals surface area contributed by atoms with Gasteiger partial charge in [-0.3, -0.25) is 14.9 Å². The minimum Gasteiger partial charge on any atom is -0.480 e. The van der Waals surface area contributed by atoms with Crippen LogP contribution in [-0.2, 0) is 16.1 Å². The zero-order valence-electron chi connectivity index (χ0n) is 11.7. The van der Waals surface area contributed by atoms with Crippen LogP contribution in [-0.4, -0.2) is 44.0 Å². The van der Waals surface area contributed by atoms with Crippen LogP contribution in [0.1, 0.15) is 17.7 Å². The molecular formula is C12H18N4O3S. The summed E-state index contributed by atoms with van der Waals surface area (Å²) >= 11 is 1.51. The van der Waals surface area contributed by atoms with Crippen LogP contribution < -0.4 is 20.3 Å². The van der Waals surface area contributed by atoms with E-state index in [9.17, 15) is 9.59 Å². The number of thiazole rings is 1. The van der Waals surface area contributed by atoms with Crippen molar-refractivity contribution in [3.05, 3.63) is 4.88 Å². The van der Waals surface area contributed by atoms with Gasteiger partial charge in [0.25, 0.3) is 0 Å². The molecule has 8 heteroatoms. The van der Waals surface area contributed by atoms with Gasteiger partial charge in [0.1, 0.15) is 0 Å². The molecule has 0 aliphatic carbocycles. The fourth-order valence-corrected chi connectivity index (χ4v) is 2.80. The van der Waals surface area contributed by atoms with Crippen LogP contribution in [0.4, 0.5) is 5.13 Å². The molecular weight excluding hydrogens is 280 g/mol. The lowest BCUT2D eigenvalue weighted by Gasteiger charge is -2.21. The van der Waals surface area contributed by atoms with Crippen LogP contribution in [0.25, 0.3) is 0 Å². The van der Waals surface area contributed by atoms with Crippen LogP contribution in [0.3, 0.4) is 0 Å². The first-order valence-corrected chi connectivity index (χ1v) is 7.11. The summed E-state index contributed by atoms with van der Waals surface area (Å²) in [6.07, 6.45) is 0.887. The van der Waals surface area contributed by atoms with E-state index < -0.39 is 0 Å². The molecule has 0 radical (unpaired) electrons. The summed E-state index contributed by atoms with van der Waals surface area (Å²) in [7, 11) is 5.40. The fraction of sp³-hybridized carbons (Fsp3) is 0.583. The van der Waals surface area contributed by atoms with Crippen molar-refractivity contribution in [2.75, 3.05) is 26.1 Å². The number of carbonyl (C=O) groups excluding carboxylic acids is 2. The van der Waals surface area contributed by atoms with Gasteiger partial charge in [-0.1, -0.05) is 11.3 Å². The predicted molar refractivity (Wildman–Crippen MR) is 76.0 cm³/mol. The molecule has 1 aromatic heterocycles. The van der Waals surface area contributed by atoms with Crippen LogP contribution in [0.2, 0.25) is 0 Å². The SMILES string of the molecule is COc1nc(N(C)C)sc1CNC1CCC(=O)NC1=O. The number of nitrogens with zero attached hydrogens (tertiary/aromatic N) is 2. The van der Waals surface area contributed by atoms with E-state index >= 15 is 0 Å². The Hall–Kier alpha value is -1.67. The molecule has 0 saturated carbocycles. The largest absolute Gasteiger partial charge is 0.480 e. The molecule has 110 valence electrons. The minimum atomic E-state index is -0.345. The van der Waals surface area contributed by atoms with Crippen molar-refractivity contribution in [3.63, 3.8) is 0 Å². The number of imide groups is 1. The second-order valence-corrected chi connectivity index (χ2v) is 5.77. The standard InChI is InChI=1S/C12H18N4O3S/c1-16(2)12-15-11(19-3)8(20-12)6-13-7-4-5-9(17)14-10(7)18/h7,13H,4-6H2,1-3H3,(H,14,17,18). The molecule has 1 aliphatic heterocycles. The molecule has 2 N–H and O–H groups in total. The van der Waals surface area contributed by atoms with Gasteiger partial charge in [0.05, 0.1) is 18.0 Å². The molecule has 0 aromatic carbocycles. The van der Waals surface area contributed by atoms with Gasteiger partial charge in [-0.25, -0.2) is 0 Å². The smallest absolute Gasteiger partial charge is 0.243 e. The first kappa shape index (κ1) is 14.7. The number of methoxy groups -OCH3 is 1. The van der Waals surface area contributed by atoms with E-state index in [-0.39, 0.29) is 17.9 Å². The van der Waals surface area contributed by atoms with Gasteiger partial charge in [-0.15, -0.1) is 0 Å². The van der Waals surface area contributed by atoms with Crippen molar-refractivity contribution in [1.29, 1.82) is 0 Å². The summed E-state index contributed by atoms with van der Waals surface area (Å²) in [4.78, 5) is 29.9. The maximum Gasteiger partial charge on any atom is 0.243 e. The Labute approximate surface area is 121 Å². The number of amides is 2. The summed E-state index contributed by atoms with van der Waals surface area (Å²) in [6.45, 7) is 0.487. The number of anilines is 1. The molecule has 1 fully saturated rings. The Morgan fingerprint density at radius 1 is 1.50 bits per heavy atom. The van der Waals surface area contributed by atoms with Crippen molar-refractivity contribution in [2.24, 2.45) is 0 Å². The number of nitrogens with one attached hydrogen (secondary N) is 2. The maximum absolute atomic E-state index is 11.6. The fourth-order valence-electron chi connectivity index (χ4n) is 1.89. The van der Waals surface area contributed by atoms with Crippen LogP contribution in [0.5, 0.6) is 5.88 Å². The summed E-state index contributed by atoms with van der Waals surface area (Å²) in [5, 5.41) is 6.32. The van der Waals surface area contributed by atoms with E-state index in [0.717, 1.165) is 10.0 Å². The molecule has 7 nitrogen and oxygen atoms in total. The van der Waals surface area contributed by atoms with Crippen molar-refractivity contribution >= 4 is 28.3 Å². The third kappa shape index (κ3) is 3.26. The predicted octanol–water partition coefficient (Wildman–Crippen LogP) is 0.113. The molecule has 1 aromatic rings. The Morgan fingerprint density at radius 3 is 2.85 bits per heavy atom. The van der Waals surface area contributed by atoms with E-state index in [0.29, 0.717) is 25.3 Å². The second kappa shape index (κ2) is 6.19. The van der Waals surface area contributed by atoms with Crippen molar-refractivity contribution in [3.8, 4) is 5.88 Å². The first-order chi connectivity index (χ1) is 9.51. The zero-order chi connectivity index (χ0) is 14.7. The Morgan fingerprint density at radius 2 is 2.25 bits per heavy atom. The van der Waals surface area contributed by atoms with Gasteiger partial charge in [0.2, 0.25) is 17.7 Å². The lowest BCUT2D eigenvalue weighted by atomic mass is 10.1. The molecule has 2 rings (SSSR count). The molecule has 1 unspecified atom stereocenters. The number of aromatic nitrogens is 1. The van der Waals surface area contributed by atoms with E-state index in [4.69, 9.17) is 4.74 Å². The van der Waals surface area contributed by atoms with Gasteiger partial charge in [-0.2, -0.15) is 4.98 Å². The third-order valence-corrected chi connectivity index (χ3v) is 4.18. The van der Waals surface area contributed by atoms with E-state index in [1.54, 1.807) is 7.11 Å². The number of hydrogen-bond donors (Lipinski definition) is 2. The average molecular weight is 298 g/mol. The molecule has 1 atom stereocenters. The van der Waals surface area contributed by atoms with Crippen LogP contribution in [0, 0.1) is 0 Å². The lowest BCUT2D eigenvalue weighted by Crippen LogP contribution is -2.50. The molecule has 20 heavy (non-hydrogen) atoms. The molecule has 2 amide bonds. The van der Waals surface area contributed by atoms with Crippen LogP contribution in [0.15, 0.2) is 0 Å². The number of ether oxygens (including phenoxy) is 1. The van der Waals surface area contributed by atoms with Gasteiger partial charge < -0.3 is 15.0 Å². The monoisotopic (exact) mass is 298 g/mol. The molecule has 0 spiro atoms. The number of hydrogen-bond acceptors (Lipinski definition) is 7. The molecule has 2 heterocycles. The van der Waals surface area contributed by atoms with Gasteiger partial charge in [-0.05, 0) is 6.42 Å². The Bertz CT molecular complexity index is 515. The van der Waals surface area contributed by atoms with E-state index in [2.05, 4.69) is 15.6 Å². The minimum absolute atomic E-state index is 0.210. The molecule has 1 saturated heterocycles. The number of carbonyl (C=O) groups is 2. The highest BCUT2D eigenvalue weighted by molar-refractivity contribution is 7.15. The van der Waals surface area contributed by atoms with Crippen molar-refractivity contribution < 1.29 is 14.3 Å². The summed E-state index contributed by atoms with van der Waals surface area (Å²) in [5.41, 5.74) is 0. The summed E-state index contributed by atoms with van der Waals surface area (Å²) in [6, 6.07) is -0.345. The maximum atomic E-state index is 11.6. The highest BCUT2D eigenvalue weighted by Gasteiger charge is 2.26. The first-order valence-electron chi connectivity index (χ1n) is 6.29. The quantitative estimate of drug-likeness (QED) is 0.751. The van der Waals surface area contributed by atoms with Gasteiger partial charge in [0, 0.05) is 27.1 Å². The average Bonchev–Trinajstić information content (AvgIpc) is 2.81. The third-order valence-electron chi connectivity index (χ3n) is 2.97. The topological polar surface area (TPSA) is 83.6 Å². The zero-order valence-corrected chi connectivity index (χ0v) is 12.5. The summed E-state index contributed by atoms with van der Waals surface area (Å²) in [5.74, 6) is 0.0920. The molecule has 0 bridgehead atoms. The van der Waals surface area contributed by atoms with E-state index in [1.807, 2.05) is 19.0 Å². The van der Waals surface area contributed by atoms with E-state index in [1.165, 1.54) is 11.3 Å². The highest BCUT2D eigenvalue weighted by Crippen LogP contribution is 2.30. The highest BCUT2D eigenvalue weighted by atomic mass is 32.1. The number of rotatable bonds is 5. The second-order valence-electron chi connectivity index (χ2n) is 4.71. The summed E-state index contributed by atoms with van der Waals surface area (Å²) < 4.78 is 5.24. The van der Waals surface area contributed by atoms with Crippen molar-refractivity contribution in [2.45, 2.75) is 25.4 Å². The normalized spacial score (nSPS) is 18.9. The Kier molecular flexibility index (Phi) is 4.56. The molecule has 1 aliphatic rings. The van der Waals surface area contributed by atoms with Gasteiger partial charge >= 0.3 is 0 Å². The number of piperidine rings is 1. The van der Waals surface area contributed by atoms with Crippen molar-refractivity contribution in [1.82, 2.24) is 15.6 Å². The van der Waals surface area contributed by atoms with Gasteiger partial charge in [0.15, 0.2) is 5.13 Å². The Balaban J connectivity index is 2.00. The lowest BCUT2D eigenvalue weighted by molar-refractivity contribution is -0.134. The van der Waals surface area contributed by atoms with Crippen LogP contribution >= 0.6 is 11.3 Å².